The lowest BCUT2D eigenvalue weighted by Crippen LogP contribution is -2.23. The number of aliphatic hydroxyl groups excluding tert-OH is 1. The van der Waals surface area contributed by atoms with Crippen LogP contribution in [0.1, 0.15) is 85.7 Å². The third-order valence-corrected chi connectivity index (χ3v) is 10.0. The van der Waals surface area contributed by atoms with Crippen molar-refractivity contribution < 1.29 is 15.0 Å². The average molecular weight is 590 g/mol. The second-order valence-electron chi connectivity index (χ2n) is 13.1. The van der Waals surface area contributed by atoms with Gasteiger partial charge in [-0.15, -0.1) is 0 Å². The van der Waals surface area contributed by atoms with Gasteiger partial charge in [-0.3, -0.25) is 14.5 Å². The van der Waals surface area contributed by atoms with Crippen LogP contribution in [-0.2, 0) is 11.3 Å². The van der Waals surface area contributed by atoms with Gasteiger partial charge in [-0.05, 0) is 75.1 Å². The monoisotopic (exact) mass is 589 g/mol. The first-order chi connectivity index (χ1) is 21.2. The molecule has 0 bridgehead atoms. The van der Waals surface area contributed by atoms with E-state index in [0.717, 1.165) is 76.2 Å². The van der Waals surface area contributed by atoms with Crippen molar-refractivity contribution in [2.45, 2.75) is 77.9 Å². The number of rotatable bonds is 8. The van der Waals surface area contributed by atoms with Gasteiger partial charge >= 0.3 is 5.97 Å². The molecule has 2 fully saturated rings. The number of aromatic nitrogens is 5. The molecule has 2 aliphatic carbocycles. The Kier molecular flexibility index (Phi) is 6.92. The van der Waals surface area contributed by atoms with Crippen LogP contribution in [0.2, 0.25) is 0 Å². The van der Waals surface area contributed by atoms with E-state index in [9.17, 15) is 15.0 Å². The van der Waals surface area contributed by atoms with E-state index in [0.29, 0.717) is 12.5 Å². The molecule has 2 saturated carbocycles. The first-order valence-corrected chi connectivity index (χ1v) is 15.7. The van der Waals surface area contributed by atoms with Crippen LogP contribution in [0.25, 0.3) is 27.8 Å². The Morgan fingerprint density at radius 2 is 1.84 bits per heavy atom. The molecule has 0 radical (unpaired) electrons. The Balaban J connectivity index is 1.21. The summed E-state index contributed by atoms with van der Waals surface area (Å²) in [6.45, 7) is 8.92. The lowest BCUT2D eigenvalue weighted by atomic mass is 9.80. The highest BCUT2D eigenvalue weighted by molar-refractivity contribution is 5.94. The number of nitrogens with zero attached hydrogens (tertiary/aromatic N) is 5. The Morgan fingerprint density at radius 1 is 1.05 bits per heavy atom. The highest BCUT2D eigenvalue weighted by atomic mass is 16.4. The maximum atomic E-state index is 11.8. The molecule has 7 rings (SSSR count). The first-order valence-electron chi connectivity index (χ1n) is 15.7. The molecule has 2 N–H and O–H groups in total. The van der Waals surface area contributed by atoms with E-state index in [4.69, 9.17) is 15.2 Å². The minimum absolute atomic E-state index is 0.242. The lowest BCUT2D eigenvalue weighted by Gasteiger charge is -2.25. The summed E-state index contributed by atoms with van der Waals surface area (Å²) in [5, 5.41) is 31.5. The lowest BCUT2D eigenvalue weighted by molar-refractivity contribution is -0.144. The predicted octanol–water partition coefficient (Wildman–Crippen LogP) is 7.12. The number of carbonyl (C=O) groups is 1. The summed E-state index contributed by atoms with van der Waals surface area (Å²) in [7, 11) is 0. The van der Waals surface area contributed by atoms with Gasteiger partial charge in [0.05, 0.1) is 40.7 Å². The normalized spacial score (nSPS) is 21.9. The van der Waals surface area contributed by atoms with Crippen molar-refractivity contribution in [2.24, 2.45) is 11.3 Å². The van der Waals surface area contributed by atoms with Crippen molar-refractivity contribution in [2.75, 3.05) is 0 Å². The summed E-state index contributed by atoms with van der Waals surface area (Å²) in [5.74, 6) is 0.197. The van der Waals surface area contributed by atoms with Gasteiger partial charge in [-0.2, -0.15) is 10.2 Å². The van der Waals surface area contributed by atoms with Gasteiger partial charge in [0.15, 0.2) is 0 Å². The summed E-state index contributed by atoms with van der Waals surface area (Å²) >= 11 is 0. The van der Waals surface area contributed by atoms with Crippen LogP contribution in [0, 0.1) is 25.2 Å². The number of benzene rings is 2. The molecule has 226 valence electrons. The molecule has 0 saturated heterocycles. The summed E-state index contributed by atoms with van der Waals surface area (Å²) < 4.78 is 3.85. The standard InChI is InChI=1S/C36H39N5O3/c1-21(2)33-23(4)41(31-14-13-29(37-22(31)3)25-15-16-36(35(43)44)18-26(36)17-25)39-34(33)27-11-8-12-30-28(27)19-40(38-30)20-32(42)24-9-6-5-7-10-24/h5-14,19,21,25-26,32,42H,15-18,20H2,1-4H3,(H,43,44)/t25-,26+,32+,36+/m1/s1. The van der Waals surface area contributed by atoms with E-state index in [-0.39, 0.29) is 11.8 Å². The van der Waals surface area contributed by atoms with Crippen molar-refractivity contribution in [1.29, 1.82) is 0 Å². The van der Waals surface area contributed by atoms with Gasteiger partial charge in [0, 0.05) is 40.0 Å². The third kappa shape index (κ3) is 4.72. The van der Waals surface area contributed by atoms with Crippen LogP contribution in [0.15, 0.2) is 66.9 Å². The molecule has 0 spiro atoms. The van der Waals surface area contributed by atoms with Crippen molar-refractivity contribution in [3.63, 3.8) is 0 Å². The SMILES string of the molecule is Cc1nc([C@@H]2CC[C@]3(C(=O)O)C[C@@H]3C2)ccc1-n1nc(-c2cccc3nn(C[C@H](O)c4ccccc4)cc23)c(C(C)C)c1C. The summed E-state index contributed by atoms with van der Waals surface area (Å²) in [4.78, 5) is 16.8. The van der Waals surface area contributed by atoms with Crippen molar-refractivity contribution in [3.8, 4) is 16.9 Å². The van der Waals surface area contributed by atoms with Gasteiger partial charge in [0.25, 0.3) is 0 Å². The number of carboxylic acids is 1. The fourth-order valence-corrected chi connectivity index (χ4v) is 7.54. The molecule has 0 aliphatic heterocycles. The number of aliphatic hydroxyl groups is 1. The smallest absolute Gasteiger partial charge is 0.309 e. The maximum absolute atomic E-state index is 11.8. The van der Waals surface area contributed by atoms with Crippen LogP contribution >= 0.6 is 0 Å². The van der Waals surface area contributed by atoms with Gasteiger partial charge in [-0.1, -0.05) is 56.3 Å². The second-order valence-corrected chi connectivity index (χ2v) is 13.1. The van der Waals surface area contributed by atoms with E-state index >= 15 is 0 Å². The number of pyridine rings is 1. The molecular formula is C36H39N5O3. The van der Waals surface area contributed by atoms with E-state index in [1.165, 1.54) is 5.56 Å². The molecule has 2 aliphatic rings. The predicted molar refractivity (Wildman–Crippen MR) is 170 cm³/mol. The van der Waals surface area contributed by atoms with Crippen LogP contribution < -0.4 is 0 Å². The maximum Gasteiger partial charge on any atom is 0.309 e. The third-order valence-electron chi connectivity index (χ3n) is 10.0. The minimum Gasteiger partial charge on any atom is -0.481 e. The highest BCUT2D eigenvalue weighted by Crippen LogP contribution is 2.64. The van der Waals surface area contributed by atoms with E-state index in [2.05, 4.69) is 39.0 Å². The van der Waals surface area contributed by atoms with Crippen molar-refractivity contribution >= 4 is 16.9 Å². The largest absolute Gasteiger partial charge is 0.481 e. The zero-order chi connectivity index (χ0) is 30.7. The molecule has 8 nitrogen and oxygen atoms in total. The molecule has 0 unspecified atom stereocenters. The Labute approximate surface area is 257 Å². The van der Waals surface area contributed by atoms with Gasteiger partial charge in [-0.25, -0.2) is 4.68 Å². The molecule has 5 aromatic rings. The summed E-state index contributed by atoms with van der Waals surface area (Å²) in [5.41, 5.74) is 8.40. The number of hydrogen-bond donors (Lipinski definition) is 2. The number of aliphatic carboxylic acids is 1. The van der Waals surface area contributed by atoms with Gasteiger partial charge < -0.3 is 10.2 Å². The molecular weight excluding hydrogens is 550 g/mol. The molecule has 4 atom stereocenters. The van der Waals surface area contributed by atoms with Crippen LogP contribution in [-0.4, -0.2) is 40.7 Å². The number of fused-ring (bicyclic) bond motifs is 2. The molecule has 0 amide bonds. The van der Waals surface area contributed by atoms with Gasteiger partial charge in [0.2, 0.25) is 0 Å². The van der Waals surface area contributed by atoms with E-state index in [1.807, 2.05) is 64.9 Å². The molecule has 44 heavy (non-hydrogen) atoms. The Morgan fingerprint density at radius 3 is 2.55 bits per heavy atom. The van der Waals surface area contributed by atoms with Crippen LogP contribution in [0.5, 0.6) is 0 Å². The van der Waals surface area contributed by atoms with E-state index < -0.39 is 17.5 Å². The van der Waals surface area contributed by atoms with Crippen LogP contribution in [0.3, 0.4) is 0 Å². The molecule has 2 aromatic carbocycles. The Hall–Kier alpha value is -4.30. The molecule has 3 heterocycles. The Bertz CT molecular complexity index is 1870. The van der Waals surface area contributed by atoms with Crippen molar-refractivity contribution in [1.82, 2.24) is 24.5 Å². The number of carboxylic acid groups (broad SMARTS) is 1. The highest BCUT2D eigenvalue weighted by Gasteiger charge is 2.62. The van der Waals surface area contributed by atoms with E-state index in [1.54, 1.807) is 0 Å². The first kappa shape index (κ1) is 28.5. The van der Waals surface area contributed by atoms with Gasteiger partial charge in [0.1, 0.15) is 0 Å². The van der Waals surface area contributed by atoms with Crippen LogP contribution in [0.4, 0.5) is 0 Å². The quantitative estimate of drug-likeness (QED) is 0.200. The zero-order valence-electron chi connectivity index (χ0n) is 25.7. The second kappa shape index (κ2) is 10.7. The summed E-state index contributed by atoms with van der Waals surface area (Å²) in [6, 6.07) is 20.0. The average Bonchev–Trinajstić information content (AvgIpc) is 3.47. The number of hydrogen-bond acceptors (Lipinski definition) is 5. The zero-order valence-corrected chi connectivity index (χ0v) is 25.7. The minimum atomic E-state index is -0.655. The topological polar surface area (TPSA) is 106 Å². The number of aryl methyl sites for hydroxylation is 1. The summed E-state index contributed by atoms with van der Waals surface area (Å²) in [6.07, 6.45) is 4.69. The van der Waals surface area contributed by atoms with Crippen molar-refractivity contribution in [3.05, 3.63) is 95.1 Å². The fraction of sp³-hybridized carbons (Fsp3) is 0.389. The molecule has 3 aromatic heterocycles. The molecule has 8 heteroatoms. The fourth-order valence-electron chi connectivity index (χ4n) is 7.54.